The maximum absolute atomic E-state index is 10.7. The molecule has 5 N–H and O–H groups in total. The number of fused-ring (bicyclic) bond motifs is 1. The lowest BCUT2D eigenvalue weighted by atomic mass is 9.82. The molecule has 2 aromatic rings. The molecule has 0 heterocycles. The van der Waals surface area contributed by atoms with Crippen molar-refractivity contribution in [1.82, 2.24) is 5.32 Å². The van der Waals surface area contributed by atoms with Gasteiger partial charge in [0.2, 0.25) is 0 Å². The molecule has 0 saturated heterocycles. The maximum atomic E-state index is 10.7. The van der Waals surface area contributed by atoms with Gasteiger partial charge in [0, 0.05) is 17.6 Å². The van der Waals surface area contributed by atoms with E-state index in [1.54, 1.807) is 18.2 Å². The summed E-state index contributed by atoms with van der Waals surface area (Å²) in [6.07, 6.45) is 1.58. The maximum Gasteiger partial charge on any atom is 0.121 e. The topological polar surface area (TPSA) is 93.0 Å². The summed E-state index contributed by atoms with van der Waals surface area (Å²) in [4.78, 5) is 0. The van der Waals surface area contributed by atoms with Crippen LogP contribution >= 0.6 is 0 Å². The molecule has 3 unspecified atom stereocenters. The number of rotatable bonds is 5. The molecular weight excluding hydrogens is 318 g/mol. The molecule has 0 saturated carbocycles. The van der Waals surface area contributed by atoms with Crippen molar-refractivity contribution >= 4 is 0 Å². The zero-order valence-corrected chi connectivity index (χ0v) is 14.3. The number of phenols is 2. The molecular formula is C20H25NO4. The summed E-state index contributed by atoms with van der Waals surface area (Å²) in [5, 5.41) is 42.9. The lowest BCUT2D eigenvalue weighted by molar-refractivity contribution is 0.108. The van der Waals surface area contributed by atoms with Gasteiger partial charge in [-0.25, -0.2) is 0 Å². The van der Waals surface area contributed by atoms with Crippen LogP contribution in [-0.4, -0.2) is 32.5 Å². The van der Waals surface area contributed by atoms with Crippen molar-refractivity contribution in [2.24, 2.45) is 0 Å². The summed E-state index contributed by atoms with van der Waals surface area (Å²) >= 11 is 0. The van der Waals surface area contributed by atoms with Crippen LogP contribution in [0, 0.1) is 0 Å². The number of aliphatic hydroxyl groups excluding tert-OH is 2. The van der Waals surface area contributed by atoms with Crippen molar-refractivity contribution < 1.29 is 20.4 Å². The SMILES string of the molecule is CC(Cc1ccc(O)cc1)NC1CCc2c(ccc(O)c2CO)C1O. The molecule has 5 heteroatoms. The van der Waals surface area contributed by atoms with Gasteiger partial charge in [-0.15, -0.1) is 0 Å². The van der Waals surface area contributed by atoms with Crippen LogP contribution in [0.15, 0.2) is 36.4 Å². The number of hydrogen-bond donors (Lipinski definition) is 5. The monoisotopic (exact) mass is 343 g/mol. The van der Waals surface area contributed by atoms with Crippen LogP contribution in [0.1, 0.15) is 41.7 Å². The molecule has 3 atom stereocenters. The summed E-state index contributed by atoms with van der Waals surface area (Å²) in [5.74, 6) is 0.340. The van der Waals surface area contributed by atoms with Gasteiger partial charge in [-0.05, 0) is 61.1 Å². The Morgan fingerprint density at radius 1 is 1.12 bits per heavy atom. The first-order chi connectivity index (χ1) is 12.0. The molecule has 134 valence electrons. The number of aliphatic hydroxyl groups is 2. The highest BCUT2D eigenvalue weighted by Gasteiger charge is 2.30. The molecule has 5 nitrogen and oxygen atoms in total. The van der Waals surface area contributed by atoms with Crippen LogP contribution in [0.3, 0.4) is 0 Å². The molecule has 0 aromatic heterocycles. The Morgan fingerprint density at radius 3 is 2.52 bits per heavy atom. The number of nitrogens with one attached hydrogen (secondary N) is 1. The standard InChI is InChI=1S/C20H25NO4/c1-12(10-13-2-4-14(23)5-3-13)21-18-8-6-15-16(20(18)25)7-9-19(24)17(15)11-22/h2-5,7,9,12,18,20-25H,6,8,10-11H2,1H3. The van der Waals surface area contributed by atoms with E-state index in [1.165, 1.54) is 6.07 Å². The number of benzene rings is 2. The highest BCUT2D eigenvalue weighted by Crippen LogP contribution is 2.36. The summed E-state index contributed by atoms with van der Waals surface area (Å²) in [5.41, 5.74) is 3.28. The van der Waals surface area contributed by atoms with Crippen LogP contribution in [0.25, 0.3) is 0 Å². The van der Waals surface area contributed by atoms with Crippen molar-refractivity contribution in [3.63, 3.8) is 0 Å². The largest absolute Gasteiger partial charge is 0.508 e. The van der Waals surface area contributed by atoms with Crippen LogP contribution in [0.4, 0.5) is 0 Å². The minimum absolute atomic E-state index is 0.0734. The Labute approximate surface area is 147 Å². The predicted molar refractivity (Wildman–Crippen MR) is 95.5 cm³/mol. The molecule has 1 aliphatic rings. The van der Waals surface area contributed by atoms with Gasteiger partial charge in [-0.1, -0.05) is 18.2 Å². The van der Waals surface area contributed by atoms with E-state index in [0.717, 1.165) is 29.5 Å². The quantitative estimate of drug-likeness (QED) is 0.574. The van der Waals surface area contributed by atoms with E-state index < -0.39 is 6.10 Å². The van der Waals surface area contributed by atoms with Crippen LogP contribution in [0.2, 0.25) is 0 Å². The van der Waals surface area contributed by atoms with Crippen molar-refractivity contribution in [3.8, 4) is 11.5 Å². The second kappa shape index (κ2) is 7.44. The van der Waals surface area contributed by atoms with Gasteiger partial charge in [0.05, 0.1) is 12.7 Å². The molecule has 25 heavy (non-hydrogen) atoms. The van der Waals surface area contributed by atoms with Gasteiger partial charge in [-0.2, -0.15) is 0 Å². The number of aromatic hydroxyl groups is 2. The van der Waals surface area contributed by atoms with Gasteiger partial charge >= 0.3 is 0 Å². The lowest BCUT2D eigenvalue weighted by Gasteiger charge is -2.34. The van der Waals surface area contributed by atoms with Gasteiger partial charge in [0.1, 0.15) is 11.5 Å². The van der Waals surface area contributed by atoms with Gasteiger partial charge in [0.15, 0.2) is 0 Å². The Kier molecular flexibility index (Phi) is 5.27. The van der Waals surface area contributed by atoms with Crippen molar-refractivity contribution in [1.29, 1.82) is 0 Å². The summed E-state index contributed by atoms with van der Waals surface area (Å²) < 4.78 is 0. The normalized spacial score (nSPS) is 20.9. The number of hydrogen-bond acceptors (Lipinski definition) is 5. The first-order valence-corrected chi connectivity index (χ1v) is 8.66. The minimum Gasteiger partial charge on any atom is -0.508 e. The smallest absolute Gasteiger partial charge is 0.121 e. The van der Waals surface area contributed by atoms with E-state index in [1.807, 2.05) is 12.1 Å². The second-order valence-corrected chi connectivity index (χ2v) is 6.82. The first-order valence-electron chi connectivity index (χ1n) is 8.66. The van der Waals surface area contributed by atoms with Gasteiger partial charge in [0.25, 0.3) is 0 Å². The molecule has 0 radical (unpaired) electrons. The third-order valence-electron chi connectivity index (χ3n) is 4.98. The predicted octanol–water partition coefficient (Wildman–Crippen LogP) is 2.16. The summed E-state index contributed by atoms with van der Waals surface area (Å²) in [6.45, 7) is 1.85. The summed E-state index contributed by atoms with van der Waals surface area (Å²) in [6, 6.07) is 10.5. The lowest BCUT2D eigenvalue weighted by Crippen LogP contribution is -2.44. The van der Waals surface area contributed by atoms with Crippen LogP contribution in [0.5, 0.6) is 11.5 Å². The minimum atomic E-state index is -0.670. The Bertz CT molecular complexity index is 729. The average molecular weight is 343 g/mol. The van der Waals surface area contributed by atoms with Crippen LogP contribution in [-0.2, 0) is 19.4 Å². The average Bonchev–Trinajstić information content (AvgIpc) is 2.59. The molecule has 3 rings (SSSR count). The van der Waals surface area contributed by atoms with Crippen molar-refractivity contribution in [3.05, 3.63) is 58.7 Å². The van der Waals surface area contributed by atoms with E-state index in [9.17, 15) is 20.4 Å². The fourth-order valence-corrected chi connectivity index (χ4v) is 3.71. The van der Waals surface area contributed by atoms with Gasteiger partial charge in [-0.3, -0.25) is 0 Å². The van der Waals surface area contributed by atoms with E-state index in [0.29, 0.717) is 12.0 Å². The zero-order chi connectivity index (χ0) is 18.0. The number of phenolic OH excluding ortho intramolecular Hbond substituents is 1. The highest BCUT2D eigenvalue weighted by molar-refractivity contribution is 5.46. The molecule has 0 aliphatic heterocycles. The fourth-order valence-electron chi connectivity index (χ4n) is 3.71. The van der Waals surface area contributed by atoms with E-state index in [4.69, 9.17) is 0 Å². The Morgan fingerprint density at radius 2 is 1.84 bits per heavy atom. The third-order valence-corrected chi connectivity index (χ3v) is 4.98. The molecule has 0 bridgehead atoms. The van der Waals surface area contributed by atoms with E-state index in [-0.39, 0.29) is 30.2 Å². The Hall–Kier alpha value is -2.08. The highest BCUT2D eigenvalue weighted by atomic mass is 16.3. The van der Waals surface area contributed by atoms with Crippen molar-refractivity contribution in [2.45, 2.75) is 51.0 Å². The zero-order valence-electron chi connectivity index (χ0n) is 14.3. The third kappa shape index (κ3) is 3.79. The summed E-state index contributed by atoms with van der Waals surface area (Å²) in [7, 11) is 0. The molecule has 2 aromatic carbocycles. The second-order valence-electron chi connectivity index (χ2n) is 6.82. The van der Waals surface area contributed by atoms with Gasteiger partial charge < -0.3 is 25.7 Å². The van der Waals surface area contributed by atoms with E-state index in [2.05, 4.69) is 12.2 Å². The van der Waals surface area contributed by atoms with Crippen molar-refractivity contribution in [2.75, 3.05) is 0 Å². The Balaban J connectivity index is 1.69. The molecule has 0 spiro atoms. The molecule has 1 aliphatic carbocycles. The van der Waals surface area contributed by atoms with E-state index >= 15 is 0 Å². The molecule has 0 amide bonds. The fraction of sp³-hybridized carbons (Fsp3) is 0.400. The van der Waals surface area contributed by atoms with Crippen LogP contribution < -0.4 is 5.32 Å². The molecule has 0 fully saturated rings. The first kappa shape index (κ1) is 17.7.